The van der Waals surface area contributed by atoms with E-state index in [4.69, 9.17) is 63.2 Å². The van der Waals surface area contributed by atoms with Crippen LogP contribution in [0, 0.1) is 0 Å². The maximum atomic E-state index is 11.2. The van der Waals surface area contributed by atoms with Crippen molar-refractivity contribution in [3.05, 3.63) is 256 Å². The third-order valence-electron chi connectivity index (χ3n) is 15.8. The summed E-state index contributed by atoms with van der Waals surface area (Å²) in [5, 5.41) is 28.6. The molecule has 25 heteroatoms. The van der Waals surface area contributed by atoms with Crippen LogP contribution in [0.25, 0.3) is 5.57 Å². The summed E-state index contributed by atoms with van der Waals surface area (Å²) in [5.41, 5.74) is 4.04. The molecule has 5 heterocycles. The normalized spacial score (nSPS) is 15.1. The van der Waals surface area contributed by atoms with E-state index in [2.05, 4.69) is 226 Å². The standard InChI is InChI=1S/2C18H15P.C14H20BClN2O3S.C12H23B2NO3.C8H9Cl2NO2S.2ClH.Pd/c2*1-4-10-16(11-5-1)19(17-12-6-2-7-13-17)18-14-8-3-9-15-18;1-15(19)18-6-3-12(4-7-18)14-13(16)9-11(10-17-14)5-8-22(2,20)21;1-11(2)12(3,4)18-14(17-11)10-6-8-15(9-7-10)13(5)16;1-14(12,13)3-2-6-4-7(9)8(10)11-5-6;;;/h2*1-15H;3,9-10,19H,4-8H2,1-2H3;6,16H,7-9H2,1-5H3;4-5H,2-3H2,1H3;2*1H;/q;;;;;;;+2/p-2. The van der Waals surface area contributed by atoms with Gasteiger partial charge in [0.1, 0.15) is 24.8 Å². The Bertz CT molecular complexity index is 3600. The molecule has 3 aliphatic rings. The number of aromatic nitrogens is 2. The molecule has 0 bridgehead atoms. The van der Waals surface area contributed by atoms with E-state index in [0.29, 0.717) is 29.4 Å². The van der Waals surface area contributed by atoms with Gasteiger partial charge in [0.2, 0.25) is 0 Å². The van der Waals surface area contributed by atoms with Crippen LogP contribution in [0.2, 0.25) is 28.8 Å². The van der Waals surface area contributed by atoms with Crippen LogP contribution >= 0.6 is 69.7 Å². The number of benzene rings is 6. The molecule has 3 aliphatic heterocycles. The van der Waals surface area contributed by atoms with Crippen LogP contribution in [0.15, 0.2) is 224 Å². The van der Waals surface area contributed by atoms with Crippen LogP contribution in [0.5, 0.6) is 0 Å². The van der Waals surface area contributed by atoms with Gasteiger partial charge in [0.05, 0.1) is 38.4 Å². The summed E-state index contributed by atoms with van der Waals surface area (Å²) in [6.07, 6.45) is 12.3. The summed E-state index contributed by atoms with van der Waals surface area (Å²) in [6.45, 7) is 14.9. The Balaban J connectivity index is 0.000000187. The van der Waals surface area contributed by atoms with Gasteiger partial charge >= 0.3 is 56.2 Å². The molecule has 12 nitrogen and oxygen atoms in total. The predicted molar refractivity (Wildman–Crippen MR) is 405 cm³/mol. The molecule has 0 radical (unpaired) electrons. The average molecular weight is 1550 g/mol. The maximum absolute atomic E-state index is 11.2. The molecule has 1 saturated heterocycles. The fraction of sp³-hybridized carbons (Fsp3) is 0.286. The molecule has 2 aromatic heterocycles. The molecule has 1 fully saturated rings. The third-order valence-corrected chi connectivity index (χ3v) is 23.5. The summed E-state index contributed by atoms with van der Waals surface area (Å²) < 4.78 is 56.2. The van der Waals surface area contributed by atoms with Crippen molar-refractivity contribution in [1.29, 1.82) is 0 Å². The maximum Gasteiger partial charge on any atom is -0.0134 e. The van der Waals surface area contributed by atoms with Crippen molar-refractivity contribution in [1.82, 2.24) is 19.6 Å². The summed E-state index contributed by atoms with van der Waals surface area (Å²) in [4.78, 5) is 12.2. The topological polar surface area (TPSA) is 159 Å². The Morgan fingerprint density at radius 3 is 1.12 bits per heavy atom. The smallest absolute Gasteiger partial charge is 0.0134 e. The first-order chi connectivity index (χ1) is 45.2. The van der Waals surface area contributed by atoms with Crippen molar-refractivity contribution in [2.24, 2.45) is 0 Å². The predicted octanol–water partition coefficient (Wildman–Crippen LogP) is 13.1. The van der Waals surface area contributed by atoms with Gasteiger partial charge in [-0.2, -0.15) is 0 Å². The summed E-state index contributed by atoms with van der Waals surface area (Å²) in [5.74, 6) is 0.184. The minimum atomic E-state index is -2.99. The number of sulfone groups is 2. The van der Waals surface area contributed by atoms with Gasteiger partial charge in [-0.1, -0.05) is 229 Å². The Morgan fingerprint density at radius 2 is 0.842 bits per heavy atom. The molecule has 0 unspecified atom stereocenters. The van der Waals surface area contributed by atoms with E-state index in [9.17, 15) is 26.9 Å². The van der Waals surface area contributed by atoms with Crippen LogP contribution in [-0.4, -0.2) is 129 Å². The van der Waals surface area contributed by atoms with Gasteiger partial charge < -0.3 is 29.0 Å². The van der Waals surface area contributed by atoms with Gasteiger partial charge in [-0.05, 0) is 162 Å². The molecule has 8 aromatic rings. The van der Waals surface area contributed by atoms with Gasteiger partial charge in [0, 0.05) is 38.0 Å². The van der Waals surface area contributed by atoms with Crippen molar-refractivity contribution in [2.75, 3.05) is 50.2 Å². The number of nitrogens with zero attached hydrogens (tertiary/aromatic N) is 4. The second kappa shape index (κ2) is 39.6. The van der Waals surface area contributed by atoms with Crippen LogP contribution in [0.4, 0.5) is 0 Å². The Labute approximate surface area is 599 Å². The molecule has 6 aromatic carbocycles. The summed E-state index contributed by atoms with van der Waals surface area (Å²) in [7, 11) is 1.72. The van der Waals surface area contributed by atoms with E-state index in [1.165, 1.54) is 56.0 Å². The SMILES string of the molecule is CB(O)N1CC=C(B2OC(C)(C)C(C)(C)O2)CC1.CB(O)N1CC=C(c2ncc(CCS(C)(=O)=O)cc2Cl)CC1.CS(=O)(=O)CCc1cnc(Cl)c(Cl)c1.[Cl][Pd][Cl].c1ccc(P(c2ccccc2)c2ccccc2)cc1.c1ccc(P(c2ccccc2)c2ccccc2)cc1. The first kappa shape index (κ1) is 79.9. The third kappa shape index (κ3) is 26.8. The van der Waals surface area contributed by atoms with E-state index < -0.39 is 42.6 Å². The average Bonchev–Trinajstić information content (AvgIpc) is 1.66. The molecule has 11 rings (SSSR count). The summed E-state index contributed by atoms with van der Waals surface area (Å²) in [6, 6.07) is 68.1. The van der Waals surface area contributed by atoms with Crippen molar-refractivity contribution in [3.63, 3.8) is 0 Å². The summed E-state index contributed by atoms with van der Waals surface area (Å²) >= 11 is 17.5. The van der Waals surface area contributed by atoms with E-state index in [-0.39, 0.29) is 58.0 Å². The van der Waals surface area contributed by atoms with Gasteiger partial charge in [0.15, 0.2) is 0 Å². The number of hydrogen-bond acceptors (Lipinski definition) is 12. The van der Waals surface area contributed by atoms with Crippen molar-refractivity contribution in [2.45, 2.75) is 78.2 Å². The van der Waals surface area contributed by atoms with Gasteiger partial charge in [-0.3, -0.25) is 4.98 Å². The van der Waals surface area contributed by atoms with Crippen LogP contribution in [0.3, 0.4) is 0 Å². The van der Waals surface area contributed by atoms with Crippen molar-refractivity contribution >= 4 is 148 Å². The molecule has 0 spiro atoms. The fourth-order valence-electron chi connectivity index (χ4n) is 9.90. The van der Waals surface area contributed by atoms with Crippen LogP contribution in [0.1, 0.15) is 57.4 Å². The van der Waals surface area contributed by atoms with Gasteiger partial charge in [-0.25, -0.2) is 21.8 Å². The molecule has 95 heavy (non-hydrogen) atoms. The molecule has 0 atom stereocenters. The Hall–Kier alpha value is -4.07. The van der Waals surface area contributed by atoms with E-state index in [1.54, 1.807) is 32.0 Å². The monoisotopic (exact) mass is 1550 g/mol. The molecule has 0 aliphatic carbocycles. The second-order valence-electron chi connectivity index (χ2n) is 23.6. The van der Waals surface area contributed by atoms with E-state index >= 15 is 0 Å². The first-order valence-electron chi connectivity index (χ1n) is 30.8. The van der Waals surface area contributed by atoms with Gasteiger partial charge in [-0.15, -0.1) is 0 Å². The largest absolute Gasteiger partial charge is 0.0622 e. The zero-order valence-electron chi connectivity index (χ0n) is 54.6. The Kier molecular flexibility index (Phi) is 33.3. The fourth-order valence-corrected chi connectivity index (χ4v) is 16.3. The quantitative estimate of drug-likeness (QED) is 0.0536. The number of rotatable bonds is 16. The molecular formula is C70H82B3Cl5N4O8P2PdS2. The molecule has 0 amide bonds. The molecular weight excluding hydrogens is 1470 g/mol. The van der Waals surface area contributed by atoms with Crippen molar-refractivity contribution < 1.29 is 52.1 Å². The minimum absolute atomic E-state index is 0.0899. The van der Waals surface area contributed by atoms with Crippen LogP contribution in [-0.2, 0) is 57.8 Å². The second-order valence-corrected chi connectivity index (χ2v) is 36.1. The number of halogens is 5. The van der Waals surface area contributed by atoms with Crippen molar-refractivity contribution in [3.8, 4) is 0 Å². The van der Waals surface area contributed by atoms with E-state index in [1.807, 2.05) is 15.7 Å². The van der Waals surface area contributed by atoms with E-state index in [0.717, 1.165) is 54.9 Å². The zero-order chi connectivity index (χ0) is 69.2. The molecule has 0 saturated carbocycles. The zero-order valence-corrected chi connectivity index (χ0v) is 63.4. The number of hydrogen-bond donors (Lipinski definition) is 2. The number of pyridine rings is 2. The number of aryl methyl sites for hydroxylation is 2. The minimum Gasteiger partial charge on any atom is -0.0622 e. The molecule has 2 N–H and O–H groups in total. The first-order valence-corrected chi connectivity index (χ1v) is 42.7. The Morgan fingerprint density at radius 1 is 0.526 bits per heavy atom. The van der Waals surface area contributed by atoms with Gasteiger partial charge in [0.25, 0.3) is 0 Å². The molecule has 506 valence electrons. The van der Waals surface area contributed by atoms with Crippen LogP contribution < -0.4 is 31.8 Å².